The Labute approximate surface area is 145 Å². The minimum absolute atomic E-state index is 0.0284. The number of likely N-dealkylation sites (tertiary alicyclic amines) is 1. The Hall–Kier alpha value is -1.96. The largest absolute Gasteiger partial charge is 0.480 e. The van der Waals surface area contributed by atoms with Gasteiger partial charge in [0.1, 0.15) is 0 Å². The molecule has 5 nitrogen and oxygen atoms in total. The van der Waals surface area contributed by atoms with Crippen molar-refractivity contribution >= 4 is 5.91 Å². The molecule has 1 aliphatic rings. The lowest BCUT2D eigenvalue weighted by molar-refractivity contribution is -0.153. The van der Waals surface area contributed by atoms with E-state index >= 15 is 0 Å². The minimum Gasteiger partial charge on any atom is -0.480 e. The number of halogens is 3. The van der Waals surface area contributed by atoms with Crippen LogP contribution in [0.5, 0.6) is 11.5 Å². The van der Waals surface area contributed by atoms with Gasteiger partial charge in [0.05, 0.1) is 0 Å². The number of carbonyl (C=O) groups excluding carboxylic acids is 1. The zero-order valence-corrected chi connectivity index (χ0v) is 14.1. The van der Waals surface area contributed by atoms with Gasteiger partial charge in [0.2, 0.25) is 0 Å². The molecule has 0 unspecified atom stereocenters. The van der Waals surface area contributed by atoms with Crippen molar-refractivity contribution in [1.29, 1.82) is 0 Å². The molecule has 140 valence electrons. The van der Waals surface area contributed by atoms with E-state index in [1.807, 2.05) is 7.05 Å². The summed E-state index contributed by atoms with van der Waals surface area (Å²) >= 11 is 0. The monoisotopic (exact) mass is 360 g/mol. The van der Waals surface area contributed by atoms with Crippen LogP contribution in [-0.2, 0) is 4.79 Å². The van der Waals surface area contributed by atoms with Crippen molar-refractivity contribution in [2.75, 3.05) is 39.9 Å². The second-order valence-corrected chi connectivity index (χ2v) is 6.04. The summed E-state index contributed by atoms with van der Waals surface area (Å²) < 4.78 is 47.1. The number of piperidine rings is 1. The summed E-state index contributed by atoms with van der Waals surface area (Å²) in [5.74, 6) is 0.333. The maximum Gasteiger partial charge on any atom is 0.422 e. The van der Waals surface area contributed by atoms with Crippen LogP contribution in [0.25, 0.3) is 0 Å². The topological polar surface area (TPSA) is 50.8 Å². The van der Waals surface area contributed by atoms with E-state index in [1.54, 1.807) is 17.0 Å². The molecule has 1 fully saturated rings. The second kappa shape index (κ2) is 8.94. The summed E-state index contributed by atoms with van der Waals surface area (Å²) in [5, 5.41) is 3.11. The molecular weight excluding hydrogens is 337 g/mol. The molecule has 1 aliphatic heterocycles. The number of amides is 1. The lowest BCUT2D eigenvalue weighted by atomic mass is 9.98. The first-order valence-corrected chi connectivity index (χ1v) is 8.23. The van der Waals surface area contributed by atoms with Gasteiger partial charge in [0, 0.05) is 13.1 Å². The Kier molecular flexibility index (Phi) is 6.92. The highest BCUT2D eigenvalue weighted by Crippen LogP contribution is 2.28. The molecule has 0 spiro atoms. The van der Waals surface area contributed by atoms with E-state index in [9.17, 15) is 18.0 Å². The van der Waals surface area contributed by atoms with Crippen LogP contribution in [0.1, 0.15) is 12.8 Å². The summed E-state index contributed by atoms with van der Waals surface area (Å²) in [6.45, 7) is 0.556. The van der Waals surface area contributed by atoms with Crippen molar-refractivity contribution in [1.82, 2.24) is 10.2 Å². The standard InChI is InChI=1S/C17H23F3N2O3/c1-21-9-13-5-4-8-22(10-13)16(23)11-24-14-6-2-3-7-15(14)25-12-17(18,19)20/h2-3,6-7,13,21H,4-5,8-12H2,1H3/t13-/m0/s1. The molecule has 0 aromatic heterocycles. The zero-order valence-electron chi connectivity index (χ0n) is 14.1. The normalized spacial score (nSPS) is 18.1. The molecule has 0 saturated carbocycles. The second-order valence-electron chi connectivity index (χ2n) is 6.04. The van der Waals surface area contributed by atoms with E-state index in [4.69, 9.17) is 9.47 Å². The Morgan fingerprint density at radius 1 is 1.28 bits per heavy atom. The van der Waals surface area contributed by atoms with Gasteiger partial charge < -0.3 is 19.7 Å². The van der Waals surface area contributed by atoms with Gasteiger partial charge in [-0.1, -0.05) is 12.1 Å². The van der Waals surface area contributed by atoms with Gasteiger partial charge in [0.25, 0.3) is 5.91 Å². The number of rotatable bonds is 7. The third-order valence-corrected chi connectivity index (χ3v) is 3.96. The molecule has 25 heavy (non-hydrogen) atoms. The van der Waals surface area contributed by atoms with Crippen molar-refractivity contribution in [3.8, 4) is 11.5 Å². The predicted molar refractivity (Wildman–Crippen MR) is 86.7 cm³/mol. The summed E-state index contributed by atoms with van der Waals surface area (Å²) in [5.41, 5.74) is 0. The first-order valence-electron chi connectivity index (χ1n) is 8.23. The van der Waals surface area contributed by atoms with Gasteiger partial charge in [-0.05, 0) is 44.5 Å². The molecule has 1 atom stereocenters. The van der Waals surface area contributed by atoms with Crippen LogP contribution in [0, 0.1) is 5.92 Å². The number of benzene rings is 1. The van der Waals surface area contributed by atoms with Crippen LogP contribution in [0.2, 0.25) is 0 Å². The maximum absolute atomic E-state index is 12.3. The van der Waals surface area contributed by atoms with E-state index in [2.05, 4.69) is 5.32 Å². The predicted octanol–water partition coefficient (Wildman–Crippen LogP) is 2.46. The number of alkyl halides is 3. The molecule has 1 aromatic rings. The average molecular weight is 360 g/mol. The molecular formula is C17H23F3N2O3. The average Bonchev–Trinajstić information content (AvgIpc) is 2.58. The smallest absolute Gasteiger partial charge is 0.422 e. The van der Waals surface area contributed by atoms with E-state index in [0.29, 0.717) is 19.0 Å². The third-order valence-electron chi connectivity index (χ3n) is 3.96. The van der Waals surface area contributed by atoms with E-state index in [-0.39, 0.29) is 24.0 Å². The van der Waals surface area contributed by atoms with Gasteiger partial charge in [-0.25, -0.2) is 0 Å². The van der Waals surface area contributed by atoms with Crippen LogP contribution >= 0.6 is 0 Å². The van der Waals surface area contributed by atoms with Gasteiger partial charge in [0.15, 0.2) is 24.7 Å². The molecule has 8 heteroatoms. The van der Waals surface area contributed by atoms with Gasteiger partial charge in [-0.15, -0.1) is 0 Å². The fourth-order valence-electron chi connectivity index (χ4n) is 2.83. The summed E-state index contributed by atoms with van der Waals surface area (Å²) in [4.78, 5) is 14.1. The van der Waals surface area contributed by atoms with Crippen LogP contribution < -0.4 is 14.8 Å². The Balaban J connectivity index is 1.89. The summed E-state index contributed by atoms with van der Waals surface area (Å²) in [6.07, 6.45) is -2.43. The van der Waals surface area contributed by atoms with Gasteiger partial charge >= 0.3 is 6.18 Å². The van der Waals surface area contributed by atoms with E-state index < -0.39 is 12.8 Å². The number of nitrogens with zero attached hydrogens (tertiary/aromatic N) is 1. The summed E-state index contributed by atoms with van der Waals surface area (Å²) in [7, 11) is 1.88. The van der Waals surface area contributed by atoms with Crippen molar-refractivity contribution in [3.63, 3.8) is 0 Å². The van der Waals surface area contributed by atoms with Crippen LogP contribution in [0.4, 0.5) is 13.2 Å². The van der Waals surface area contributed by atoms with E-state index in [1.165, 1.54) is 12.1 Å². The van der Waals surface area contributed by atoms with E-state index in [0.717, 1.165) is 19.4 Å². The van der Waals surface area contributed by atoms with Crippen molar-refractivity contribution < 1.29 is 27.4 Å². The Morgan fingerprint density at radius 3 is 2.60 bits per heavy atom. The molecule has 1 amide bonds. The number of nitrogens with one attached hydrogen (secondary N) is 1. The number of ether oxygens (including phenoxy) is 2. The van der Waals surface area contributed by atoms with Crippen molar-refractivity contribution in [3.05, 3.63) is 24.3 Å². The highest BCUT2D eigenvalue weighted by atomic mass is 19.4. The molecule has 1 aromatic carbocycles. The third kappa shape index (κ3) is 6.45. The Bertz CT molecular complexity index is 564. The summed E-state index contributed by atoms with van der Waals surface area (Å²) in [6, 6.07) is 6.03. The van der Waals surface area contributed by atoms with Crippen LogP contribution in [0.15, 0.2) is 24.3 Å². The maximum atomic E-state index is 12.3. The molecule has 0 radical (unpaired) electrons. The molecule has 0 aliphatic carbocycles. The Morgan fingerprint density at radius 2 is 1.96 bits per heavy atom. The molecule has 1 saturated heterocycles. The molecule has 2 rings (SSSR count). The van der Waals surface area contributed by atoms with Crippen LogP contribution in [-0.4, -0.2) is 56.9 Å². The number of hydrogen-bond donors (Lipinski definition) is 1. The lowest BCUT2D eigenvalue weighted by Gasteiger charge is -2.32. The van der Waals surface area contributed by atoms with Gasteiger partial charge in [-0.3, -0.25) is 4.79 Å². The first-order chi connectivity index (χ1) is 11.9. The number of hydrogen-bond acceptors (Lipinski definition) is 4. The zero-order chi connectivity index (χ0) is 18.3. The molecule has 0 bridgehead atoms. The van der Waals surface area contributed by atoms with Crippen molar-refractivity contribution in [2.24, 2.45) is 5.92 Å². The van der Waals surface area contributed by atoms with Crippen LogP contribution in [0.3, 0.4) is 0 Å². The van der Waals surface area contributed by atoms with Gasteiger partial charge in [-0.2, -0.15) is 13.2 Å². The highest BCUT2D eigenvalue weighted by Gasteiger charge is 2.29. The quantitative estimate of drug-likeness (QED) is 0.812. The highest BCUT2D eigenvalue weighted by molar-refractivity contribution is 5.78. The lowest BCUT2D eigenvalue weighted by Crippen LogP contribution is -2.44. The molecule has 1 heterocycles. The number of para-hydroxylation sites is 2. The fourth-order valence-corrected chi connectivity index (χ4v) is 2.83. The molecule has 1 N–H and O–H groups in total. The SMILES string of the molecule is CNC[C@@H]1CCCN(C(=O)COc2ccccc2OCC(F)(F)F)C1. The number of carbonyl (C=O) groups is 1. The first kappa shape index (κ1) is 19.4. The fraction of sp³-hybridized carbons (Fsp3) is 0.588. The van der Waals surface area contributed by atoms with Crippen molar-refractivity contribution in [2.45, 2.75) is 19.0 Å². The minimum atomic E-state index is -4.43.